The predicted molar refractivity (Wildman–Crippen MR) is 73.6 cm³/mol. The van der Waals surface area contributed by atoms with Crippen LogP contribution in [0.2, 0.25) is 5.02 Å². The van der Waals surface area contributed by atoms with Crippen LogP contribution in [0.1, 0.15) is 11.4 Å². The van der Waals surface area contributed by atoms with Gasteiger partial charge in [-0.2, -0.15) is 0 Å². The lowest BCUT2D eigenvalue weighted by molar-refractivity contribution is 0.854. The molecule has 16 heavy (non-hydrogen) atoms. The highest BCUT2D eigenvalue weighted by Gasteiger charge is 1.98. The number of aryl methyl sites for hydroxylation is 2. The summed E-state index contributed by atoms with van der Waals surface area (Å²) in [6.07, 6.45) is 5.48. The molecule has 0 bridgehead atoms. The quantitative estimate of drug-likeness (QED) is 0.796. The molecule has 0 N–H and O–H groups in total. The molecule has 1 heterocycles. The van der Waals surface area contributed by atoms with Crippen LogP contribution in [0.15, 0.2) is 36.7 Å². The van der Waals surface area contributed by atoms with Crippen LogP contribution in [-0.2, 0) is 12.8 Å². The average Bonchev–Trinajstić information content (AvgIpc) is 2.30. The van der Waals surface area contributed by atoms with Gasteiger partial charge in [0.2, 0.25) is 0 Å². The van der Waals surface area contributed by atoms with Gasteiger partial charge in [-0.3, -0.25) is 0 Å². The molecule has 0 radical (unpaired) electrons. The van der Waals surface area contributed by atoms with Crippen molar-refractivity contribution >= 4 is 34.2 Å². The summed E-state index contributed by atoms with van der Waals surface area (Å²) in [5.41, 5.74) is 1.26. The van der Waals surface area contributed by atoms with E-state index in [0.717, 1.165) is 27.3 Å². The smallest absolute Gasteiger partial charge is 0.128 e. The van der Waals surface area contributed by atoms with E-state index in [9.17, 15) is 0 Å². The first-order valence-electron chi connectivity index (χ1n) is 4.95. The molecule has 0 aliphatic carbocycles. The zero-order chi connectivity index (χ0) is 11.4. The van der Waals surface area contributed by atoms with Gasteiger partial charge in [-0.25, -0.2) is 9.97 Å². The van der Waals surface area contributed by atoms with Gasteiger partial charge in [0.25, 0.3) is 0 Å². The van der Waals surface area contributed by atoms with Crippen molar-refractivity contribution in [3.05, 3.63) is 56.6 Å². The predicted octanol–water partition coefficient (Wildman–Crippen LogP) is 3.52. The maximum absolute atomic E-state index is 5.82. The SMILES string of the molecule is Clc1ccc(CCc2ncc(I)cn2)cc1. The Kier molecular flexibility index (Phi) is 4.12. The fourth-order valence-corrected chi connectivity index (χ4v) is 1.78. The fourth-order valence-electron chi connectivity index (χ4n) is 1.38. The zero-order valence-corrected chi connectivity index (χ0v) is 11.4. The van der Waals surface area contributed by atoms with E-state index in [1.807, 2.05) is 36.7 Å². The Morgan fingerprint density at radius 3 is 2.25 bits per heavy atom. The highest BCUT2D eigenvalue weighted by Crippen LogP contribution is 2.11. The maximum atomic E-state index is 5.82. The molecule has 0 fully saturated rings. The van der Waals surface area contributed by atoms with Gasteiger partial charge in [0, 0.05) is 27.4 Å². The van der Waals surface area contributed by atoms with E-state index in [-0.39, 0.29) is 0 Å². The largest absolute Gasteiger partial charge is 0.240 e. The molecule has 2 nitrogen and oxygen atoms in total. The fraction of sp³-hybridized carbons (Fsp3) is 0.167. The first-order chi connectivity index (χ1) is 7.74. The molecule has 0 saturated heterocycles. The van der Waals surface area contributed by atoms with Crippen LogP contribution in [0.5, 0.6) is 0 Å². The minimum atomic E-state index is 0.772. The van der Waals surface area contributed by atoms with Crippen LogP contribution in [0.4, 0.5) is 0 Å². The summed E-state index contributed by atoms with van der Waals surface area (Å²) in [7, 11) is 0. The minimum Gasteiger partial charge on any atom is -0.240 e. The van der Waals surface area contributed by atoms with E-state index in [1.54, 1.807) is 0 Å². The molecule has 0 atom stereocenters. The molecule has 0 aliphatic heterocycles. The number of rotatable bonds is 3. The number of hydrogen-bond acceptors (Lipinski definition) is 2. The van der Waals surface area contributed by atoms with E-state index in [0.29, 0.717) is 0 Å². The standard InChI is InChI=1S/C12H10ClIN2/c13-10-4-1-9(2-5-10)3-6-12-15-7-11(14)8-16-12/h1-2,4-5,7-8H,3,6H2. The molecular formula is C12H10ClIN2. The van der Waals surface area contributed by atoms with E-state index in [4.69, 9.17) is 11.6 Å². The molecule has 2 aromatic rings. The van der Waals surface area contributed by atoms with E-state index < -0.39 is 0 Å². The molecule has 0 amide bonds. The summed E-state index contributed by atoms with van der Waals surface area (Å²) in [4.78, 5) is 8.53. The van der Waals surface area contributed by atoms with Gasteiger partial charge >= 0.3 is 0 Å². The third-order valence-electron chi connectivity index (χ3n) is 2.22. The van der Waals surface area contributed by atoms with Crippen molar-refractivity contribution in [1.82, 2.24) is 9.97 Å². The van der Waals surface area contributed by atoms with Gasteiger partial charge in [0.1, 0.15) is 5.82 Å². The van der Waals surface area contributed by atoms with Crippen LogP contribution in [0, 0.1) is 3.57 Å². The molecule has 2 rings (SSSR count). The van der Waals surface area contributed by atoms with Gasteiger partial charge < -0.3 is 0 Å². The minimum absolute atomic E-state index is 0.772. The normalized spacial score (nSPS) is 10.4. The number of aromatic nitrogens is 2. The van der Waals surface area contributed by atoms with Gasteiger partial charge in [-0.15, -0.1) is 0 Å². The Hall–Kier alpha value is -0.680. The van der Waals surface area contributed by atoms with Gasteiger partial charge in [-0.05, 0) is 46.7 Å². The lowest BCUT2D eigenvalue weighted by atomic mass is 10.1. The summed E-state index contributed by atoms with van der Waals surface area (Å²) in [6.45, 7) is 0. The van der Waals surface area contributed by atoms with Gasteiger partial charge in [0.15, 0.2) is 0 Å². The van der Waals surface area contributed by atoms with Crippen molar-refractivity contribution in [2.45, 2.75) is 12.8 Å². The van der Waals surface area contributed by atoms with Crippen molar-refractivity contribution in [1.29, 1.82) is 0 Å². The third-order valence-corrected chi connectivity index (χ3v) is 3.03. The second-order valence-electron chi connectivity index (χ2n) is 3.44. The second kappa shape index (κ2) is 5.59. The van der Waals surface area contributed by atoms with Gasteiger partial charge in [0.05, 0.1) is 0 Å². The summed E-state index contributed by atoms with van der Waals surface area (Å²) in [5, 5.41) is 0.772. The Labute approximate surface area is 113 Å². The zero-order valence-electron chi connectivity index (χ0n) is 8.53. The third kappa shape index (κ3) is 3.42. The van der Waals surface area contributed by atoms with Crippen LogP contribution in [0.3, 0.4) is 0 Å². The molecule has 0 saturated carbocycles. The molecule has 0 unspecified atom stereocenters. The summed E-state index contributed by atoms with van der Waals surface area (Å²) in [6, 6.07) is 7.89. The monoisotopic (exact) mass is 344 g/mol. The molecule has 82 valence electrons. The van der Waals surface area contributed by atoms with Crippen LogP contribution in [-0.4, -0.2) is 9.97 Å². The second-order valence-corrected chi connectivity index (χ2v) is 5.13. The number of hydrogen-bond donors (Lipinski definition) is 0. The number of benzene rings is 1. The van der Waals surface area contributed by atoms with Crippen molar-refractivity contribution in [3.8, 4) is 0 Å². The Balaban J connectivity index is 1.97. The summed E-state index contributed by atoms with van der Waals surface area (Å²) < 4.78 is 1.06. The molecule has 1 aromatic heterocycles. The van der Waals surface area contributed by atoms with E-state index in [2.05, 4.69) is 32.6 Å². The topological polar surface area (TPSA) is 25.8 Å². The highest BCUT2D eigenvalue weighted by atomic mass is 127. The van der Waals surface area contributed by atoms with Crippen LogP contribution < -0.4 is 0 Å². The van der Waals surface area contributed by atoms with Crippen molar-refractivity contribution in [2.75, 3.05) is 0 Å². The van der Waals surface area contributed by atoms with Crippen molar-refractivity contribution < 1.29 is 0 Å². The highest BCUT2D eigenvalue weighted by molar-refractivity contribution is 14.1. The average molecular weight is 345 g/mol. The lowest BCUT2D eigenvalue weighted by Gasteiger charge is -2.01. The Morgan fingerprint density at radius 2 is 1.62 bits per heavy atom. The Bertz CT molecular complexity index is 408. The number of nitrogens with zero attached hydrogens (tertiary/aromatic N) is 2. The van der Waals surface area contributed by atoms with E-state index in [1.165, 1.54) is 5.56 Å². The molecule has 4 heteroatoms. The van der Waals surface area contributed by atoms with E-state index >= 15 is 0 Å². The Morgan fingerprint density at radius 1 is 1.00 bits per heavy atom. The van der Waals surface area contributed by atoms with Crippen molar-refractivity contribution in [2.24, 2.45) is 0 Å². The van der Waals surface area contributed by atoms with Crippen LogP contribution in [0.25, 0.3) is 0 Å². The summed E-state index contributed by atoms with van der Waals surface area (Å²) >= 11 is 8.02. The van der Waals surface area contributed by atoms with Gasteiger partial charge in [-0.1, -0.05) is 23.7 Å². The number of halogens is 2. The summed E-state index contributed by atoms with van der Waals surface area (Å²) in [5.74, 6) is 0.885. The molecular weight excluding hydrogens is 335 g/mol. The lowest BCUT2D eigenvalue weighted by Crippen LogP contribution is -1.97. The molecule has 1 aromatic carbocycles. The van der Waals surface area contributed by atoms with Crippen molar-refractivity contribution in [3.63, 3.8) is 0 Å². The first kappa shape index (κ1) is 11.8. The first-order valence-corrected chi connectivity index (χ1v) is 6.40. The molecule has 0 spiro atoms. The maximum Gasteiger partial charge on any atom is 0.128 e. The molecule has 0 aliphatic rings. The van der Waals surface area contributed by atoms with Crippen LogP contribution >= 0.6 is 34.2 Å².